The van der Waals surface area contributed by atoms with Gasteiger partial charge in [-0.3, -0.25) is 10.1 Å². The number of benzene rings is 1. The molecule has 0 radical (unpaired) electrons. The number of carbonyl (C=O) groups is 1. The molecule has 0 aliphatic heterocycles. The van der Waals surface area contributed by atoms with Gasteiger partial charge in [0.2, 0.25) is 0 Å². The number of aromatic nitrogens is 2. The van der Waals surface area contributed by atoms with Crippen LogP contribution in [0.25, 0.3) is 0 Å². The lowest BCUT2D eigenvalue weighted by molar-refractivity contribution is 0.101. The molecule has 3 aromatic rings. The number of halogens is 2. The van der Waals surface area contributed by atoms with E-state index < -0.39 is 11.6 Å². The van der Waals surface area contributed by atoms with E-state index in [4.69, 9.17) is 0 Å². The topological polar surface area (TPSA) is 46.9 Å². The van der Waals surface area contributed by atoms with Gasteiger partial charge in [0.15, 0.2) is 16.8 Å². The van der Waals surface area contributed by atoms with Gasteiger partial charge in [0.05, 0.1) is 0 Å². The Bertz CT molecular complexity index is 904. The van der Waals surface area contributed by atoms with E-state index in [1.54, 1.807) is 16.1 Å². The van der Waals surface area contributed by atoms with Crippen LogP contribution in [0.1, 0.15) is 35.5 Å². The summed E-state index contributed by atoms with van der Waals surface area (Å²) in [5, 5.41) is 5.06. The number of carbonyl (C=O) groups excluding carboxylic acids is 1. The highest BCUT2D eigenvalue weighted by molar-refractivity contribution is 7.13. The number of amides is 1. The molecule has 1 amide bonds. The predicted molar refractivity (Wildman–Crippen MR) is 98.5 cm³/mol. The summed E-state index contributed by atoms with van der Waals surface area (Å²) in [6.07, 6.45) is 4.32. The number of anilines is 1. The van der Waals surface area contributed by atoms with E-state index in [9.17, 15) is 13.6 Å². The maximum atomic E-state index is 13.5. The molecule has 0 aliphatic rings. The fourth-order valence-electron chi connectivity index (χ4n) is 2.76. The molecular formula is C19H19F2N3OS. The Morgan fingerprint density at radius 3 is 2.69 bits per heavy atom. The van der Waals surface area contributed by atoms with Crippen molar-refractivity contribution in [2.45, 2.75) is 26.8 Å². The SMILES string of the molecule is CC(C)Cc1cc(C(=O)Nc2nccs2)n(Cc2ccc(F)c(F)c2)c1. The van der Waals surface area contributed by atoms with E-state index in [0.717, 1.165) is 24.1 Å². The molecule has 7 heteroatoms. The van der Waals surface area contributed by atoms with E-state index in [1.807, 2.05) is 12.3 Å². The number of hydrogen-bond donors (Lipinski definition) is 1. The van der Waals surface area contributed by atoms with Gasteiger partial charge in [0.1, 0.15) is 5.69 Å². The van der Waals surface area contributed by atoms with Crippen molar-refractivity contribution < 1.29 is 13.6 Å². The highest BCUT2D eigenvalue weighted by atomic mass is 32.1. The van der Waals surface area contributed by atoms with Crippen LogP contribution in [-0.4, -0.2) is 15.5 Å². The van der Waals surface area contributed by atoms with Gasteiger partial charge in [0.25, 0.3) is 5.91 Å². The molecule has 2 heterocycles. The Morgan fingerprint density at radius 2 is 2.04 bits per heavy atom. The molecule has 0 atom stereocenters. The van der Waals surface area contributed by atoms with Crippen molar-refractivity contribution in [2.24, 2.45) is 5.92 Å². The minimum Gasteiger partial charge on any atom is -0.339 e. The molecule has 3 rings (SSSR count). The molecule has 136 valence electrons. The number of nitrogens with zero attached hydrogens (tertiary/aromatic N) is 2. The van der Waals surface area contributed by atoms with Gasteiger partial charge < -0.3 is 4.57 Å². The average molecular weight is 375 g/mol. The second-order valence-electron chi connectivity index (χ2n) is 6.50. The van der Waals surface area contributed by atoms with Crippen molar-refractivity contribution in [3.05, 3.63) is 70.5 Å². The zero-order valence-corrected chi connectivity index (χ0v) is 15.3. The van der Waals surface area contributed by atoms with Crippen molar-refractivity contribution in [1.82, 2.24) is 9.55 Å². The molecule has 1 aromatic carbocycles. The van der Waals surface area contributed by atoms with Crippen molar-refractivity contribution in [3.8, 4) is 0 Å². The molecule has 0 aliphatic carbocycles. The highest BCUT2D eigenvalue weighted by Crippen LogP contribution is 2.19. The van der Waals surface area contributed by atoms with Crippen LogP contribution in [0.2, 0.25) is 0 Å². The van der Waals surface area contributed by atoms with Gasteiger partial charge in [-0.05, 0) is 41.7 Å². The smallest absolute Gasteiger partial charge is 0.274 e. The number of rotatable bonds is 6. The Hall–Kier alpha value is -2.54. The summed E-state index contributed by atoms with van der Waals surface area (Å²) >= 11 is 1.33. The van der Waals surface area contributed by atoms with Crippen molar-refractivity contribution >= 4 is 22.4 Å². The normalized spacial score (nSPS) is 11.1. The molecule has 0 spiro atoms. The number of thiazole rings is 1. The first kappa shape index (κ1) is 18.3. The van der Waals surface area contributed by atoms with Crippen LogP contribution in [0.3, 0.4) is 0 Å². The minimum atomic E-state index is -0.897. The Morgan fingerprint density at radius 1 is 1.23 bits per heavy atom. The van der Waals surface area contributed by atoms with Crippen LogP contribution >= 0.6 is 11.3 Å². The Kier molecular flexibility index (Phi) is 5.46. The molecule has 0 unspecified atom stereocenters. The second kappa shape index (κ2) is 7.78. The first-order valence-corrected chi connectivity index (χ1v) is 9.14. The summed E-state index contributed by atoms with van der Waals surface area (Å²) in [7, 11) is 0. The van der Waals surface area contributed by atoms with Gasteiger partial charge in [0, 0.05) is 24.3 Å². The standard InChI is InChI=1S/C19H19F2N3OS/c1-12(2)7-14-9-17(18(25)23-19-22-5-6-26-19)24(11-14)10-13-3-4-15(20)16(21)8-13/h3-6,8-9,11-12H,7,10H2,1-2H3,(H,22,23,25). The van der Waals surface area contributed by atoms with Crippen LogP contribution in [0.4, 0.5) is 13.9 Å². The molecule has 2 aromatic heterocycles. The molecule has 0 saturated carbocycles. The Labute approximate surface area is 154 Å². The molecule has 4 nitrogen and oxygen atoms in total. The van der Waals surface area contributed by atoms with Crippen LogP contribution < -0.4 is 5.32 Å². The summed E-state index contributed by atoms with van der Waals surface area (Å²) in [4.78, 5) is 16.7. The molecular weight excluding hydrogens is 356 g/mol. The molecule has 26 heavy (non-hydrogen) atoms. The van der Waals surface area contributed by atoms with E-state index >= 15 is 0 Å². The fraction of sp³-hybridized carbons (Fsp3) is 0.263. The summed E-state index contributed by atoms with van der Waals surface area (Å²) in [5.41, 5.74) is 2.06. The van der Waals surface area contributed by atoms with Crippen LogP contribution in [0.15, 0.2) is 42.0 Å². The minimum absolute atomic E-state index is 0.274. The fourth-order valence-corrected chi connectivity index (χ4v) is 3.28. The third kappa shape index (κ3) is 4.35. The van der Waals surface area contributed by atoms with E-state index in [2.05, 4.69) is 24.1 Å². The van der Waals surface area contributed by atoms with Gasteiger partial charge in [-0.25, -0.2) is 13.8 Å². The zero-order valence-electron chi connectivity index (χ0n) is 14.5. The predicted octanol–water partition coefficient (Wildman–Crippen LogP) is 4.72. The van der Waals surface area contributed by atoms with Crippen LogP contribution in [0, 0.1) is 17.6 Å². The maximum absolute atomic E-state index is 13.5. The molecule has 0 fully saturated rings. The van der Waals surface area contributed by atoms with E-state index in [-0.39, 0.29) is 12.5 Å². The average Bonchev–Trinajstić information content (AvgIpc) is 3.20. The van der Waals surface area contributed by atoms with Crippen molar-refractivity contribution in [1.29, 1.82) is 0 Å². The van der Waals surface area contributed by atoms with Gasteiger partial charge in [-0.2, -0.15) is 0 Å². The second-order valence-corrected chi connectivity index (χ2v) is 7.39. The highest BCUT2D eigenvalue weighted by Gasteiger charge is 2.16. The van der Waals surface area contributed by atoms with Gasteiger partial charge >= 0.3 is 0 Å². The van der Waals surface area contributed by atoms with Crippen LogP contribution in [0.5, 0.6) is 0 Å². The van der Waals surface area contributed by atoms with Crippen LogP contribution in [-0.2, 0) is 13.0 Å². The third-order valence-corrected chi connectivity index (χ3v) is 4.51. The summed E-state index contributed by atoms with van der Waals surface area (Å²) in [6.45, 7) is 4.47. The largest absolute Gasteiger partial charge is 0.339 e. The lowest BCUT2D eigenvalue weighted by Crippen LogP contribution is -2.17. The molecule has 0 saturated heterocycles. The zero-order chi connectivity index (χ0) is 18.7. The summed E-state index contributed by atoms with van der Waals surface area (Å²) in [5.74, 6) is -1.63. The Balaban J connectivity index is 1.89. The summed E-state index contributed by atoms with van der Waals surface area (Å²) < 4.78 is 28.4. The van der Waals surface area contributed by atoms with Crippen molar-refractivity contribution in [3.63, 3.8) is 0 Å². The molecule has 1 N–H and O–H groups in total. The quantitative estimate of drug-likeness (QED) is 0.677. The third-order valence-electron chi connectivity index (χ3n) is 3.82. The first-order valence-electron chi connectivity index (χ1n) is 8.26. The molecule has 0 bridgehead atoms. The monoisotopic (exact) mass is 375 g/mol. The van der Waals surface area contributed by atoms with Gasteiger partial charge in [-0.1, -0.05) is 19.9 Å². The number of nitrogens with one attached hydrogen (secondary N) is 1. The van der Waals surface area contributed by atoms with Gasteiger partial charge in [-0.15, -0.1) is 11.3 Å². The lowest BCUT2D eigenvalue weighted by atomic mass is 10.1. The maximum Gasteiger partial charge on any atom is 0.274 e. The summed E-state index contributed by atoms with van der Waals surface area (Å²) in [6, 6.07) is 5.60. The van der Waals surface area contributed by atoms with Crippen molar-refractivity contribution in [2.75, 3.05) is 5.32 Å². The number of hydrogen-bond acceptors (Lipinski definition) is 3. The lowest BCUT2D eigenvalue weighted by Gasteiger charge is -2.09. The van der Waals surface area contributed by atoms with E-state index in [0.29, 0.717) is 22.3 Å². The van der Waals surface area contributed by atoms with E-state index in [1.165, 1.54) is 17.4 Å². The first-order chi connectivity index (χ1) is 12.4.